The molecule has 5 heteroatoms. The van der Waals surface area contributed by atoms with Gasteiger partial charge in [0.25, 0.3) is 0 Å². The lowest BCUT2D eigenvalue weighted by Gasteiger charge is -2.25. The van der Waals surface area contributed by atoms with Crippen molar-refractivity contribution in [3.8, 4) is 0 Å². The van der Waals surface area contributed by atoms with Crippen LogP contribution >= 0.6 is 12.2 Å². The number of rotatable bonds is 2. The largest absolute Gasteiger partial charge is 0.375 e. The van der Waals surface area contributed by atoms with Gasteiger partial charge in [-0.2, -0.15) is 5.10 Å². The van der Waals surface area contributed by atoms with Gasteiger partial charge in [0.2, 0.25) is 0 Å². The first kappa shape index (κ1) is 12.0. The van der Waals surface area contributed by atoms with Gasteiger partial charge < -0.3 is 10.5 Å². The number of thiocarbonyl (C=S) groups is 1. The van der Waals surface area contributed by atoms with Crippen molar-refractivity contribution in [3.05, 3.63) is 35.4 Å². The molecule has 1 atom stereocenters. The van der Waals surface area contributed by atoms with E-state index in [0.717, 1.165) is 12.1 Å². The second kappa shape index (κ2) is 5.25. The zero-order chi connectivity index (χ0) is 12.3. The van der Waals surface area contributed by atoms with Gasteiger partial charge in [-0.15, -0.1) is 0 Å². The fourth-order valence-electron chi connectivity index (χ4n) is 1.94. The quantitative estimate of drug-likeness (QED) is 0.474. The lowest BCUT2D eigenvalue weighted by Crippen LogP contribution is -2.28. The molecule has 0 radical (unpaired) electrons. The van der Waals surface area contributed by atoms with Crippen LogP contribution in [0.15, 0.2) is 29.4 Å². The van der Waals surface area contributed by atoms with E-state index < -0.39 is 0 Å². The second-order valence-corrected chi connectivity index (χ2v) is 4.37. The molecular weight excluding hydrogens is 234 g/mol. The minimum atomic E-state index is -0.109. The van der Waals surface area contributed by atoms with Gasteiger partial charge in [0.15, 0.2) is 5.11 Å². The van der Waals surface area contributed by atoms with Crippen LogP contribution in [0.3, 0.4) is 0 Å². The third kappa shape index (κ3) is 2.81. The molecule has 2 rings (SSSR count). The monoisotopic (exact) mass is 249 g/mol. The Labute approximate surface area is 106 Å². The molecule has 0 saturated heterocycles. The molecule has 1 aromatic carbocycles. The van der Waals surface area contributed by atoms with Gasteiger partial charge >= 0.3 is 0 Å². The molecule has 1 aliphatic heterocycles. The van der Waals surface area contributed by atoms with Crippen molar-refractivity contribution in [2.75, 3.05) is 6.61 Å². The van der Waals surface area contributed by atoms with Crippen molar-refractivity contribution >= 4 is 23.0 Å². The van der Waals surface area contributed by atoms with Crippen molar-refractivity contribution in [3.63, 3.8) is 0 Å². The van der Waals surface area contributed by atoms with Crippen LogP contribution < -0.4 is 11.2 Å². The summed E-state index contributed by atoms with van der Waals surface area (Å²) in [6.07, 6.45) is 0.838. The molecule has 0 amide bonds. The molecule has 90 valence electrons. The number of hydrogen-bond acceptors (Lipinski definition) is 3. The molecule has 0 aliphatic carbocycles. The molecule has 0 unspecified atom stereocenters. The van der Waals surface area contributed by atoms with E-state index in [1.54, 1.807) is 0 Å². The Morgan fingerprint density at radius 1 is 1.53 bits per heavy atom. The van der Waals surface area contributed by atoms with E-state index in [1.807, 2.05) is 19.1 Å². The first-order valence-corrected chi connectivity index (χ1v) is 5.88. The lowest BCUT2D eigenvalue weighted by molar-refractivity contribution is 0.0871. The minimum Gasteiger partial charge on any atom is -0.375 e. The molecule has 1 aliphatic rings. The number of nitrogens with one attached hydrogen (secondary N) is 1. The van der Waals surface area contributed by atoms with E-state index in [2.05, 4.69) is 22.7 Å². The average molecular weight is 249 g/mol. The van der Waals surface area contributed by atoms with E-state index in [0.29, 0.717) is 6.61 Å². The molecule has 0 saturated carbocycles. The summed E-state index contributed by atoms with van der Waals surface area (Å²) in [4.78, 5) is 0. The van der Waals surface area contributed by atoms with Gasteiger partial charge in [0.1, 0.15) is 6.10 Å². The summed E-state index contributed by atoms with van der Waals surface area (Å²) in [6.45, 7) is 2.61. The van der Waals surface area contributed by atoms with E-state index >= 15 is 0 Å². The molecule has 4 nitrogen and oxygen atoms in total. The van der Waals surface area contributed by atoms with Crippen LogP contribution in [0.1, 0.15) is 24.2 Å². The van der Waals surface area contributed by atoms with Gasteiger partial charge in [0, 0.05) is 0 Å². The lowest BCUT2D eigenvalue weighted by atomic mass is 9.95. The van der Waals surface area contributed by atoms with Crippen molar-refractivity contribution in [2.45, 2.75) is 19.4 Å². The smallest absolute Gasteiger partial charge is 0.184 e. The summed E-state index contributed by atoms with van der Waals surface area (Å²) in [5.41, 5.74) is 11.2. The van der Waals surface area contributed by atoms with Crippen LogP contribution in [0, 0.1) is 0 Å². The van der Waals surface area contributed by atoms with Crippen LogP contribution in [0.4, 0.5) is 0 Å². The van der Waals surface area contributed by atoms with Crippen LogP contribution in [0.25, 0.3) is 0 Å². The standard InChI is InChI=1S/C12H15N3OS/c1-8(14-15-12(13)17)11-10-5-3-2-4-9(10)6-7-16-11/h2-5,11H,6-7H2,1H3,(H3,13,15,17)/b14-8+/t11-/m1/s1. The maximum absolute atomic E-state index is 5.74. The minimum absolute atomic E-state index is 0.109. The van der Waals surface area contributed by atoms with Gasteiger partial charge in [-0.3, -0.25) is 5.43 Å². The van der Waals surface area contributed by atoms with Crippen LogP contribution in [-0.2, 0) is 11.2 Å². The molecule has 1 aromatic rings. The number of fused-ring (bicyclic) bond motifs is 1. The Morgan fingerprint density at radius 3 is 3.06 bits per heavy atom. The van der Waals surface area contributed by atoms with Gasteiger partial charge in [-0.05, 0) is 36.7 Å². The first-order chi connectivity index (χ1) is 8.18. The second-order valence-electron chi connectivity index (χ2n) is 3.93. The van der Waals surface area contributed by atoms with Crippen molar-refractivity contribution in [1.29, 1.82) is 0 Å². The number of benzene rings is 1. The molecular formula is C12H15N3OS. The Kier molecular flexibility index (Phi) is 3.71. The van der Waals surface area contributed by atoms with E-state index in [9.17, 15) is 0 Å². The fraction of sp³-hybridized carbons (Fsp3) is 0.333. The maximum atomic E-state index is 5.74. The Balaban J connectivity index is 2.23. The Hall–Kier alpha value is -1.46. The summed E-state index contributed by atoms with van der Waals surface area (Å²) in [5, 5.41) is 4.28. The average Bonchev–Trinajstić information content (AvgIpc) is 2.35. The fourth-order valence-corrected chi connectivity index (χ4v) is 1.99. The predicted octanol–water partition coefficient (Wildman–Crippen LogP) is 1.51. The first-order valence-electron chi connectivity index (χ1n) is 5.47. The summed E-state index contributed by atoms with van der Waals surface area (Å²) >= 11 is 4.71. The van der Waals surface area contributed by atoms with Crippen LogP contribution in [0.2, 0.25) is 0 Å². The highest BCUT2D eigenvalue weighted by Gasteiger charge is 2.22. The molecule has 1 heterocycles. The highest BCUT2D eigenvalue weighted by atomic mass is 32.1. The van der Waals surface area contributed by atoms with Crippen molar-refractivity contribution in [1.82, 2.24) is 5.43 Å². The number of nitrogens with two attached hydrogens (primary N) is 1. The molecule has 0 bridgehead atoms. The van der Waals surface area contributed by atoms with Crippen molar-refractivity contribution in [2.24, 2.45) is 10.8 Å². The Morgan fingerprint density at radius 2 is 2.29 bits per heavy atom. The normalized spacial score (nSPS) is 19.6. The maximum Gasteiger partial charge on any atom is 0.184 e. The third-order valence-corrected chi connectivity index (χ3v) is 2.81. The number of ether oxygens (including phenoxy) is 1. The van der Waals surface area contributed by atoms with Crippen molar-refractivity contribution < 1.29 is 4.74 Å². The molecule has 0 fully saturated rings. The highest BCUT2D eigenvalue weighted by molar-refractivity contribution is 7.80. The van der Waals surface area contributed by atoms with E-state index in [1.165, 1.54) is 11.1 Å². The summed E-state index contributed by atoms with van der Waals surface area (Å²) in [7, 11) is 0. The van der Waals surface area contributed by atoms with E-state index in [4.69, 9.17) is 22.7 Å². The molecule has 0 aromatic heterocycles. The zero-order valence-corrected chi connectivity index (χ0v) is 10.5. The Bertz CT molecular complexity index is 459. The summed E-state index contributed by atoms with van der Waals surface area (Å²) < 4.78 is 5.74. The molecule has 3 N–H and O–H groups in total. The number of hydrazone groups is 1. The van der Waals surface area contributed by atoms with Gasteiger partial charge in [-0.1, -0.05) is 24.3 Å². The summed E-state index contributed by atoms with van der Waals surface area (Å²) in [6, 6.07) is 8.24. The highest BCUT2D eigenvalue weighted by Crippen LogP contribution is 2.27. The van der Waals surface area contributed by atoms with Crippen LogP contribution in [-0.4, -0.2) is 17.4 Å². The third-order valence-electron chi connectivity index (χ3n) is 2.72. The van der Waals surface area contributed by atoms with Gasteiger partial charge in [-0.25, -0.2) is 0 Å². The SMILES string of the molecule is C/C(=N\NC(N)=S)[C@H]1OCCc2ccccc21. The van der Waals surface area contributed by atoms with Gasteiger partial charge in [0.05, 0.1) is 12.3 Å². The summed E-state index contributed by atoms with van der Waals surface area (Å²) in [5.74, 6) is 0. The topological polar surface area (TPSA) is 59.6 Å². The molecule has 0 spiro atoms. The van der Waals surface area contributed by atoms with E-state index in [-0.39, 0.29) is 11.2 Å². The zero-order valence-electron chi connectivity index (χ0n) is 9.64. The number of nitrogens with zero attached hydrogens (tertiary/aromatic N) is 1. The predicted molar refractivity (Wildman–Crippen MR) is 71.9 cm³/mol. The number of hydrogen-bond donors (Lipinski definition) is 2. The molecule has 17 heavy (non-hydrogen) atoms. The van der Waals surface area contributed by atoms with Crippen LogP contribution in [0.5, 0.6) is 0 Å².